The Kier molecular flexibility index (Phi) is 5.86. The summed E-state index contributed by atoms with van der Waals surface area (Å²) in [7, 11) is 0. The summed E-state index contributed by atoms with van der Waals surface area (Å²) in [5.41, 5.74) is 1.07. The van der Waals surface area contributed by atoms with Crippen LogP contribution in [0.4, 0.5) is 0 Å². The molecule has 1 heterocycles. The molecular weight excluding hydrogens is 252 g/mol. The van der Waals surface area contributed by atoms with Gasteiger partial charge < -0.3 is 14.2 Å². The summed E-state index contributed by atoms with van der Waals surface area (Å²) < 4.78 is 17.5. The maximum absolute atomic E-state index is 6.15. The fourth-order valence-corrected chi connectivity index (χ4v) is 2.66. The summed E-state index contributed by atoms with van der Waals surface area (Å²) >= 11 is 0. The van der Waals surface area contributed by atoms with E-state index >= 15 is 0 Å². The van der Waals surface area contributed by atoms with E-state index in [4.69, 9.17) is 14.2 Å². The second-order valence-corrected chi connectivity index (χ2v) is 5.30. The van der Waals surface area contributed by atoms with Crippen molar-refractivity contribution in [2.45, 2.75) is 52.4 Å². The third-order valence-corrected chi connectivity index (χ3v) is 3.85. The lowest BCUT2D eigenvalue weighted by Crippen LogP contribution is -2.35. The van der Waals surface area contributed by atoms with Gasteiger partial charge >= 0.3 is 0 Å². The van der Waals surface area contributed by atoms with Crippen molar-refractivity contribution in [3.8, 4) is 5.75 Å². The fraction of sp³-hybridized carbons (Fsp3) is 0.647. The molecule has 0 amide bonds. The van der Waals surface area contributed by atoms with E-state index in [0.717, 1.165) is 37.2 Å². The lowest BCUT2D eigenvalue weighted by molar-refractivity contribution is -0.243. The third-order valence-electron chi connectivity index (χ3n) is 3.85. The number of hydrogen-bond acceptors (Lipinski definition) is 3. The largest absolute Gasteiger partial charge is 0.494 e. The monoisotopic (exact) mass is 278 g/mol. The van der Waals surface area contributed by atoms with Gasteiger partial charge in [-0.1, -0.05) is 32.4 Å². The van der Waals surface area contributed by atoms with E-state index in [0.29, 0.717) is 18.6 Å². The lowest BCUT2D eigenvalue weighted by atomic mass is 9.95. The predicted octanol–water partition coefficient (Wildman–Crippen LogP) is 4.33. The molecule has 0 radical (unpaired) electrons. The minimum Gasteiger partial charge on any atom is -0.494 e. The van der Waals surface area contributed by atoms with Crippen LogP contribution < -0.4 is 4.74 Å². The van der Waals surface area contributed by atoms with Crippen molar-refractivity contribution in [1.29, 1.82) is 0 Å². The first-order valence-corrected chi connectivity index (χ1v) is 7.78. The normalized spacial score (nSPS) is 26.4. The van der Waals surface area contributed by atoms with Gasteiger partial charge in [-0.2, -0.15) is 0 Å². The highest BCUT2D eigenvalue weighted by atomic mass is 16.7. The molecule has 20 heavy (non-hydrogen) atoms. The van der Waals surface area contributed by atoms with Gasteiger partial charge in [0.15, 0.2) is 6.29 Å². The van der Waals surface area contributed by atoms with Crippen LogP contribution in [-0.4, -0.2) is 19.3 Å². The van der Waals surface area contributed by atoms with Crippen LogP contribution >= 0.6 is 0 Å². The van der Waals surface area contributed by atoms with Crippen molar-refractivity contribution in [3.63, 3.8) is 0 Å². The van der Waals surface area contributed by atoms with Crippen LogP contribution in [0, 0.1) is 5.92 Å². The standard InChI is InChI=1S/C17H26O3/c1-4-7-16-13(5-2)12-19-17(20-16)14-8-10-15(11-9-14)18-6-3/h8-11,13,16-17H,4-7,12H2,1-3H3. The van der Waals surface area contributed by atoms with Gasteiger partial charge in [0.2, 0.25) is 0 Å². The first kappa shape index (κ1) is 15.3. The van der Waals surface area contributed by atoms with Crippen LogP contribution in [-0.2, 0) is 9.47 Å². The molecule has 1 aromatic rings. The van der Waals surface area contributed by atoms with Crippen molar-refractivity contribution in [2.24, 2.45) is 5.92 Å². The van der Waals surface area contributed by atoms with E-state index in [9.17, 15) is 0 Å². The fourth-order valence-electron chi connectivity index (χ4n) is 2.66. The van der Waals surface area contributed by atoms with Gasteiger partial charge in [-0.15, -0.1) is 0 Å². The Morgan fingerprint density at radius 2 is 1.90 bits per heavy atom. The van der Waals surface area contributed by atoms with Crippen molar-refractivity contribution in [1.82, 2.24) is 0 Å². The summed E-state index contributed by atoms with van der Waals surface area (Å²) in [5.74, 6) is 1.41. The molecule has 1 saturated heterocycles. The molecule has 3 nitrogen and oxygen atoms in total. The van der Waals surface area contributed by atoms with E-state index in [1.807, 2.05) is 31.2 Å². The topological polar surface area (TPSA) is 27.7 Å². The Morgan fingerprint density at radius 3 is 2.50 bits per heavy atom. The minimum absolute atomic E-state index is 0.231. The molecule has 0 aliphatic carbocycles. The summed E-state index contributed by atoms with van der Waals surface area (Å²) in [4.78, 5) is 0. The van der Waals surface area contributed by atoms with E-state index in [1.165, 1.54) is 0 Å². The molecule has 0 spiro atoms. The van der Waals surface area contributed by atoms with Crippen LogP contribution in [0.15, 0.2) is 24.3 Å². The molecule has 0 N–H and O–H groups in total. The number of rotatable bonds is 6. The summed E-state index contributed by atoms with van der Waals surface area (Å²) in [6.07, 6.45) is 3.45. The molecule has 112 valence electrons. The van der Waals surface area contributed by atoms with Crippen molar-refractivity contribution < 1.29 is 14.2 Å². The van der Waals surface area contributed by atoms with Crippen LogP contribution in [0.2, 0.25) is 0 Å². The zero-order chi connectivity index (χ0) is 14.4. The van der Waals surface area contributed by atoms with E-state index in [1.54, 1.807) is 0 Å². The van der Waals surface area contributed by atoms with Gasteiger partial charge in [0.25, 0.3) is 0 Å². The minimum atomic E-state index is -0.231. The van der Waals surface area contributed by atoms with Crippen LogP contribution in [0.1, 0.15) is 51.9 Å². The highest BCUT2D eigenvalue weighted by molar-refractivity contribution is 5.28. The first-order valence-electron chi connectivity index (χ1n) is 7.78. The Morgan fingerprint density at radius 1 is 1.15 bits per heavy atom. The van der Waals surface area contributed by atoms with Crippen LogP contribution in [0.5, 0.6) is 5.75 Å². The van der Waals surface area contributed by atoms with E-state index < -0.39 is 0 Å². The highest BCUT2D eigenvalue weighted by Gasteiger charge is 2.30. The molecule has 3 atom stereocenters. The van der Waals surface area contributed by atoms with Gasteiger partial charge in [0, 0.05) is 11.5 Å². The summed E-state index contributed by atoms with van der Waals surface area (Å²) in [6.45, 7) is 7.88. The highest BCUT2D eigenvalue weighted by Crippen LogP contribution is 2.33. The predicted molar refractivity (Wildman–Crippen MR) is 79.9 cm³/mol. The van der Waals surface area contributed by atoms with Crippen molar-refractivity contribution in [2.75, 3.05) is 13.2 Å². The molecule has 3 heteroatoms. The lowest BCUT2D eigenvalue weighted by Gasteiger charge is -2.36. The second kappa shape index (κ2) is 7.65. The van der Waals surface area contributed by atoms with E-state index in [2.05, 4.69) is 13.8 Å². The average Bonchev–Trinajstić information content (AvgIpc) is 2.49. The zero-order valence-electron chi connectivity index (χ0n) is 12.8. The smallest absolute Gasteiger partial charge is 0.184 e. The van der Waals surface area contributed by atoms with Gasteiger partial charge in [-0.3, -0.25) is 0 Å². The first-order chi connectivity index (χ1) is 9.78. The molecular formula is C17H26O3. The Hall–Kier alpha value is -1.06. The Labute approximate surface area is 122 Å². The maximum Gasteiger partial charge on any atom is 0.184 e. The summed E-state index contributed by atoms with van der Waals surface area (Å²) in [5, 5.41) is 0. The second-order valence-electron chi connectivity index (χ2n) is 5.30. The molecule has 1 aromatic carbocycles. The molecule has 3 unspecified atom stereocenters. The van der Waals surface area contributed by atoms with Crippen LogP contribution in [0.25, 0.3) is 0 Å². The van der Waals surface area contributed by atoms with Gasteiger partial charge in [0.05, 0.1) is 19.3 Å². The quantitative estimate of drug-likeness (QED) is 0.775. The van der Waals surface area contributed by atoms with E-state index in [-0.39, 0.29) is 6.29 Å². The SMILES string of the molecule is CCCC1OC(c2ccc(OCC)cc2)OCC1CC. The average molecular weight is 278 g/mol. The summed E-state index contributed by atoms with van der Waals surface area (Å²) in [6, 6.07) is 8.02. The zero-order valence-corrected chi connectivity index (χ0v) is 12.8. The number of hydrogen-bond donors (Lipinski definition) is 0. The third kappa shape index (κ3) is 3.74. The molecule has 1 fully saturated rings. The van der Waals surface area contributed by atoms with Crippen molar-refractivity contribution in [3.05, 3.63) is 29.8 Å². The van der Waals surface area contributed by atoms with Gasteiger partial charge in [0.1, 0.15) is 5.75 Å². The Balaban J connectivity index is 2.01. The van der Waals surface area contributed by atoms with Gasteiger partial charge in [-0.05, 0) is 31.9 Å². The number of benzene rings is 1. The van der Waals surface area contributed by atoms with Crippen LogP contribution in [0.3, 0.4) is 0 Å². The molecule has 1 aliphatic rings. The Bertz CT molecular complexity index is 388. The molecule has 0 saturated carbocycles. The van der Waals surface area contributed by atoms with Crippen molar-refractivity contribution >= 4 is 0 Å². The van der Waals surface area contributed by atoms with Gasteiger partial charge in [-0.25, -0.2) is 0 Å². The maximum atomic E-state index is 6.15. The molecule has 1 aliphatic heterocycles. The molecule has 0 bridgehead atoms. The molecule has 2 rings (SSSR count). The molecule has 0 aromatic heterocycles. The number of ether oxygens (including phenoxy) is 3.